The Morgan fingerprint density at radius 1 is 0.829 bits per heavy atom. The summed E-state index contributed by atoms with van der Waals surface area (Å²) in [6.45, 7) is 0. The van der Waals surface area contributed by atoms with Gasteiger partial charge in [-0.1, -0.05) is 48.5 Å². The van der Waals surface area contributed by atoms with Crippen LogP contribution < -0.4 is 15.8 Å². The minimum atomic E-state index is -3.88. The summed E-state index contributed by atoms with van der Waals surface area (Å²) in [6, 6.07) is 26.0. The maximum absolute atomic E-state index is 13.2. The van der Waals surface area contributed by atoms with Crippen LogP contribution in [-0.2, 0) is 14.8 Å². The lowest BCUT2D eigenvalue weighted by atomic mass is 10.1. The summed E-state index contributed by atoms with van der Waals surface area (Å²) >= 11 is 0. The first kappa shape index (κ1) is 22.2. The van der Waals surface area contributed by atoms with E-state index in [9.17, 15) is 13.2 Å². The number of carbonyl (C=O) groups excluding carboxylic acids is 1. The van der Waals surface area contributed by atoms with Crippen molar-refractivity contribution in [3.05, 3.63) is 103 Å². The third-order valence-electron chi connectivity index (χ3n) is 5.46. The van der Waals surface area contributed by atoms with E-state index in [-0.39, 0.29) is 10.8 Å². The maximum atomic E-state index is 13.2. The number of anilines is 3. The highest BCUT2D eigenvalue weighted by Gasteiger charge is 2.21. The lowest BCUT2D eigenvalue weighted by Crippen LogP contribution is -2.13. The first-order valence-electron chi connectivity index (χ1n) is 10.8. The van der Waals surface area contributed by atoms with E-state index < -0.39 is 10.0 Å². The zero-order valence-corrected chi connectivity index (χ0v) is 19.3. The molecule has 0 atom stereocenters. The zero-order chi connectivity index (χ0) is 24.4. The van der Waals surface area contributed by atoms with Crippen LogP contribution in [0.4, 0.5) is 17.1 Å². The standard InChI is InChI=1S/C27H21N3O4S/c28-21-7-2-3-8-22(21)29-26(31)17-14-18-12-15-19(16-13-18)30-35(32,33)25-11-5-10-24-27(25)20-6-1-4-9-23(20)34-24/h1-17,30H,28H2,(H,29,31)/b17-14+. The van der Waals surface area contributed by atoms with Crippen LogP contribution in [0.5, 0.6) is 0 Å². The van der Waals surface area contributed by atoms with Gasteiger partial charge in [-0.3, -0.25) is 9.52 Å². The van der Waals surface area contributed by atoms with Gasteiger partial charge >= 0.3 is 0 Å². The van der Waals surface area contributed by atoms with E-state index in [1.807, 2.05) is 18.2 Å². The molecule has 0 unspecified atom stereocenters. The Labute approximate surface area is 201 Å². The number of carbonyl (C=O) groups is 1. The molecule has 4 aromatic carbocycles. The molecule has 35 heavy (non-hydrogen) atoms. The van der Waals surface area contributed by atoms with Crippen molar-refractivity contribution in [3.8, 4) is 0 Å². The number of benzene rings is 4. The third kappa shape index (κ3) is 4.60. The van der Waals surface area contributed by atoms with Crippen LogP contribution in [0.3, 0.4) is 0 Å². The van der Waals surface area contributed by atoms with Gasteiger partial charge < -0.3 is 15.5 Å². The number of nitrogen functional groups attached to an aromatic ring is 1. The van der Waals surface area contributed by atoms with Crippen molar-refractivity contribution < 1.29 is 17.6 Å². The van der Waals surface area contributed by atoms with E-state index in [0.29, 0.717) is 33.6 Å². The van der Waals surface area contributed by atoms with Gasteiger partial charge in [0.1, 0.15) is 11.2 Å². The van der Waals surface area contributed by atoms with E-state index in [0.717, 1.165) is 10.9 Å². The number of para-hydroxylation sites is 3. The second-order valence-electron chi connectivity index (χ2n) is 7.86. The highest BCUT2D eigenvalue weighted by molar-refractivity contribution is 7.93. The third-order valence-corrected chi connectivity index (χ3v) is 6.89. The van der Waals surface area contributed by atoms with Gasteiger partial charge in [-0.2, -0.15) is 0 Å². The van der Waals surface area contributed by atoms with E-state index in [4.69, 9.17) is 10.2 Å². The molecular weight excluding hydrogens is 462 g/mol. The Hall–Kier alpha value is -4.56. The number of sulfonamides is 1. The summed E-state index contributed by atoms with van der Waals surface area (Å²) in [5.41, 5.74) is 9.10. The Balaban J connectivity index is 1.34. The van der Waals surface area contributed by atoms with E-state index in [2.05, 4.69) is 10.0 Å². The monoisotopic (exact) mass is 483 g/mol. The number of amides is 1. The van der Waals surface area contributed by atoms with Gasteiger partial charge in [-0.25, -0.2) is 8.42 Å². The molecule has 1 amide bonds. The van der Waals surface area contributed by atoms with Gasteiger partial charge in [-0.15, -0.1) is 0 Å². The van der Waals surface area contributed by atoms with Crippen LogP contribution in [0, 0.1) is 0 Å². The van der Waals surface area contributed by atoms with Gasteiger partial charge in [0.15, 0.2) is 0 Å². The van der Waals surface area contributed by atoms with Crippen LogP contribution in [0.2, 0.25) is 0 Å². The minimum absolute atomic E-state index is 0.140. The van der Waals surface area contributed by atoms with Gasteiger partial charge in [-0.05, 0) is 54.1 Å². The zero-order valence-electron chi connectivity index (χ0n) is 18.4. The van der Waals surface area contributed by atoms with Crippen LogP contribution in [-0.4, -0.2) is 14.3 Å². The van der Waals surface area contributed by atoms with Crippen LogP contribution >= 0.6 is 0 Å². The molecule has 7 nitrogen and oxygen atoms in total. The van der Waals surface area contributed by atoms with E-state index >= 15 is 0 Å². The summed E-state index contributed by atoms with van der Waals surface area (Å²) in [7, 11) is -3.88. The highest BCUT2D eigenvalue weighted by atomic mass is 32.2. The Morgan fingerprint density at radius 2 is 1.54 bits per heavy atom. The van der Waals surface area contributed by atoms with Crippen molar-refractivity contribution in [2.24, 2.45) is 0 Å². The van der Waals surface area contributed by atoms with Crippen molar-refractivity contribution >= 4 is 61.0 Å². The van der Waals surface area contributed by atoms with Crippen LogP contribution in [0.15, 0.2) is 106 Å². The number of hydrogen-bond acceptors (Lipinski definition) is 5. The van der Waals surface area contributed by atoms with Gasteiger partial charge in [0, 0.05) is 22.5 Å². The van der Waals surface area contributed by atoms with Gasteiger partial charge in [0.25, 0.3) is 10.0 Å². The average molecular weight is 484 g/mol. The molecule has 0 aliphatic carbocycles. The average Bonchev–Trinajstić information content (AvgIpc) is 3.23. The molecular formula is C27H21N3O4S. The number of nitrogens with two attached hydrogens (primary N) is 1. The van der Waals surface area contributed by atoms with Gasteiger partial charge in [0.2, 0.25) is 5.91 Å². The number of furan rings is 1. The number of rotatable bonds is 6. The first-order chi connectivity index (χ1) is 16.9. The fourth-order valence-electron chi connectivity index (χ4n) is 3.80. The molecule has 4 N–H and O–H groups in total. The Morgan fingerprint density at radius 3 is 2.34 bits per heavy atom. The maximum Gasteiger partial charge on any atom is 0.262 e. The van der Waals surface area contributed by atoms with Crippen molar-refractivity contribution in [1.82, 2.24) is 0 Å². The molecule has 1 heterocycles. The molecule has 5 aromatic rings. The second kappa shape index (κ2) is 9.00. The number of hydrogen-bond donors (Lipinski definition) is 3. The summed E-state index contributed by atoms with van der Waals surface area (Å²) in [4.78, 5) is 12.3. The molecule has 5 rings (SSSR count). The van der Waals surface area contributed by atoms with Crippen molar-refractivity contribution in [2.75, 3.05) is 15.8 Å². The topological polar surface area (TPSA) is 114 Å². The summed E-state index contributed by atoms with van der Waals surface area (Å²) in [5.74, 6) is -0.326. The molecule has 0 fully saturated rings. The minimum Gasteiger partial charge on any atom is -0.456 e. The number of nitrogens with one attached hydrogen (secondary N) is 2. The fraction of sp³-hybridized carbons (Fsp3) is 0. The largest absolute Gasteiger partial charge is 0.456 e. The summed E-state index contributed by atoms with van der Waals surface area (Å²) in [5, 5.41) is 3.99. The van der Waals surface area contributed by atoms with Gasteiger partial charge in [0.05, 0.1) is 16.3 Å². The van der Waals surface area contributed by atoms with Crippen LogP contribution in [0.1, 0.15) is 5.56 Å². The Kier molecular flexibility index (Phi) is 5.72. The predicted molar refractivity (Wildman–Crippen MR) is 139 cm³/mol. The molecule has 174 valence electrons. The van der Waals surface area contributed by atoms with Crippen molar-refractivity contribution in [3.63, 3.8) is 0 Å². The first-order valence-corrected chi connectivity index (χ1v) is 12.3. The predicted octanol–water partition coefficient (Wildman–Crippen LogP) is 5.62. The lowest BCUT2D eigenvalue weighted by Gasteiger charge is -2.09. The van der Waals surface area contributed by atoms with Crippen LogP contribution in [0.25, 0.3) is 28.0 Å². The molecule has 0 spiro atoms. The van der Waals surface area contributed by atoms with E-state index in [1.54, 1.807) is 78.9 Å². The molecule has 0 radical (unpaired) electrons. The van der Waals surface area contributed by atoms with E-state index in [1.165, 1.54) is 6.08 Å². The quantitative estimate of drug-likeness (QED) is 0.214. The highest BCUT2D eigenvalue weighted by Crippen LogP contribution is 2.34. The molecule has 0 aliphatic rings. The molecule has 0 aliphatic heterocycles. The number of fused-ring (bicyclic) bond motifs is 3. The van der Waals surface area contributed by atoms with Crippen molar-refractivity contribution in [2.45, 2.75) is 4.90 Å². The SMILES string of the molecule is Nc1ccccc1NC(=O)/C=C/c1ccc(NS(=O)(=O)c2cccc3oc4ccccc4c23)cc1. The lowest BCUT2D eigenvalue weighted by molar-refractivity contribution is -0.111. The molecule has 1 aromatic heterocycles. The fourth-order valence-corrected chi connectivity index (χ4v) is 5.09. The smallest absolute Gasteiger partial charge is 0.262 e. The molecule has 0 saturated heterocycles. The summed E-state index contributed by atoms with van der Waals surface area (Å²) < 4.78 is 34.9. The molecule has 0 saturated carbocycles. The summed E-state index contributed by atoms with van der Waals surface area (Å²) in [6.07, 6.45) is 3.02. The Bertz CT molecular complexity index is 1690. The normalized spacial score (nSPS) is 11.8. The second-order valence-corrected chi connectivity index (χ2v) is 9.52. The molecule has 0 bridgehead atoms. The molecule has 8 heteroatoms. The van der Waals surface area contributed by atoms with Crippen molar-refractivity contribution in [1.29, 1.82) is 0 Å².